The Kier molecular flexibility index (Phi) is 9.72. The Labute approximate surface area is 271 Å². The number of azo groups is 1. The van der Waals surface area contributed by atoms with E-state index in [-0.39, 0.29) is 22.7 Å². The molecule has 9 heteroatoms. The number of nitrogens with one attached hydrogen (secondary N) is 2. The van der Waals surface area contributed by atoms with Crippen molar-refractivity contribution >= 4 is 34.8 Å². The van der Waals surface area contributed by atoms with E-state index >= 15 is 0 Å². The van der Waals surface area contributed by atoms with Crippen LogP contribution in [0.2, 0.25) is 5.15 Å². The number of ether oxygens (including phenoxy) is 1. The number of anilines is 1. The summed E-state index contributed by atoms with van der Waals surface area (Å²) in [6, 6.07) is 13.8. The molecular formula is C35H45Cl2N5O2. The highest BCUT2D eigenvalue weighted by Gasteiger charge is 2.40. The lowest BCUT2D eigenvalue weighted by Gasteiger charge is -2.32. The summed E-state index contributed by atoms with van der Waals surface area (Å²) in [6.45, 7) is 20.9. The van der Waals surface area contributed by atoms with E-state index in [9.17, 15) is 4.79 Å². The lowest BCUT2D eigenvalue weighted by atomic mass is 9.76. The van der Waals surface area contributed by atoms with Crippen molar-refractivity contribution in [3.05, 3.63) is 75.3 Å². The molecule has 2 unspecified atom stereocenters. The molecule has 7 nitrogen and oxygen atoms in total. The Hall–Kier alpha value is -3.16. The van der Waals surface area contributed by atoms with E-state index in [1.165, 1.54) is 5.56 Å². The molecule has 0 spiro atoms. The first-order valence-electron chi connectivity index (χ1n) is 15.3. The first kappa shape index (κ1) is 33.7. The molecule has 3 aromatic rings. The Morgan fingerprint density at radius 3 is 2.30 bits per heavy atom. The Morgan fingerprint density at radius 2 is 1.70 bits per heavy atom. The number of para-hydroxylation sites is 1. The number of nitrogens with zero attached hydrogens (tertiary/aromatic N) is 3. The number of amides is 1. The molecule has 1 aromatic heterocycles. The second-order valence-electron chi connectivity index (χ2n) is 13.4. The number of imidazole rings is 1. The molecule has 0 radical (unpaired) electrons. The predicted molar refractivity (Wildman–Crippen MR) is 181 cm³/mol. The fourth-order valence-electron chi connectivity index (χ4n) is 5.14. The summed E-state index contributed by atoms with van der Waals surface area (Å²) in [5.74, 6) is 0.842. The van der Waals surface area contributed by atoms with Gasteiger partial charge in [0.1, 0.15) is 22.4 Å². The van der Waals surface area contributed by atoms with Crippen molar-refractivity contribution in [1.29, 1.82) is 0 Å². The molecule has 2 N–H and O–H groups in total. The molecule has 0 saturated heterocycles. The minimum Gasteiger partial charge on any atom is -0.480 e. The second-order valence-corrected chi connectivity index (χ2v) is 14.2. The van der Waals surface area contributed by atoms with Crippen LogP contribution in [0.15, 0.2) is 63.4 Å². The van der Waals surface area contributed by atoms with Crippen molar-refractivity contribution in [2.45, 2.75) is 105 Å². The maximum atomic E-state index is 13.9. The van der Waals surface area contributed by atoms with Gasteiger partial charge in [-0.15, -0.1) is 0 Å². The number of halogens is 2. The number of H-pyrrole nitrogens is 1. The molecule has 0 bridgehead atoms. The summed E-state index contributed by atoms with van der Waals surface area (Å²) in [6.07, 6.45) is 1.21. The fraction of sp³-hybridized carbons (Fsp3) is 0.486. The van der Waals surface area contributed by atoms with Gasteiger partial charge in [0.05, 0.1) is 16.4 Å². The van der Waals surface area contributed by atoms with Gasteiger partial charge in [-0.1, -0.05) is 109 Å². The number of carbonyl (C=O) groups is 1. The Bertz CT molecular complexity index is 1600. The minimum atomic E-state index is -0.964. The Morgan fingerprint density at radius 1 is 1.05 bits per heavy atom. The topological polar surface area (TPSA) is 91.7 Å². The maximum absolute atomic E-state index is 13.9. The lowest BCUT2D eigenvalue weighted by Crippen LogP contribution is -2.38. The molecule has 1 aliphatic heterocycles. The van der Waals surface area contributed by atoms with Crippen LogP contribution in [0.4, 0.5) is 5.69 Å². The van der Waals surface area contributed by atoms with E-state index < -0.39 is 11.6 Å². The molecule has 1 aliphatic rings. The molecule has 2 atom stereocenters. The van der Waals surface area contributed by atoms with Gasteiger partial charge in [0, 0.05) is 11.1 Å². The monoisotopic (exact) mass is 637 g/mol. The number of allylic oxidation sites excluding steroid dienone is 1. The van der Waals surface area contributed by atoms with Crippen molar-refractivity contribution in [1.82, 2.24) is 9.97 Å². The van der Waals surface area contributed by atoms with Crippen LogP contribution in [0, 0.1) is 5.92 Å². The van der Waals surface area contributed by atoms with Crippen molar-refractivity contribution in [2.24, 2.45) is 16.1 Å². The highest BCUT2D eigenvalue weighted by Crippen LogP contribution is 2.44. The number of aromatic nitrogens is 2. The van der Waals surface area contributed by atoms with Gasteiger partial charge in [-0.3, -0.25) is 4.79 Å². The van der Waals surface area contributed by atoms with Gasteiger partial charge >= 0.3 is 0 Å². The van der Waals surface area contributed by atoms with Crippen molar-refractivity contribution in [2.75, 3.05) is 5.32 Å². The predicted octanol–water partition coefficient (Wildman–Crippen LogP) is 10.3. The highest BCUT2D eigenvalue weighted by atomic mass is 35.5. The highest BCUT2D eigenvalue weighted by molar-refractivity contribution is 6.32. The lowest BCUT2D eigenvalue weighted by molar-refractivity contribution is -0.124. The van der Waals surface area contributed by atoms with Gasteiger partial charge in [0.25, 0.3) is 5.91 Å². The number of aromatic amines is 1. The summed E-state index contributed by atoms with van der Waals surface area (Å²) in [4.78, 5) is 21.8. The first-order valence-corrected chi connectivity index (χ1v) is 16.1. The van der Waals surface area contributed by atoms with Gasteiger partial charge in [-0.2, -0.15) is 10.2 Å². The number of carbonyl (C=O) groups excluding carboxylic acids is 1. The van der Waals surface area contributed by atoms with Crippen LogP contribution in [-0.4, -0.2) is 22.0 Å². The number of hydrogen-bond donors (Lipinski definition) is 2. The molecule has 0 aliphatic carbocycles. The molecule has 0 fully saturated rings. The van der Waals surface area contributed by atoms with Gasteiger partial charge in [-0.05, 0) is 61.1 Å². The molecule has 2 heterocycles. The Balaban J connectivity index is 1.67. The fourth-order valence-corrected chi connectivity index (χ4v) is 5.53. The van der Waals surface area contributed by atoms with Crippen molar-refractivity contribution < 1.29 is 9.53 Å². The van der Waals surface area contributed by atoms with Gasteiger partial charge in [0.15, 0.2) is 11.6 Å². The maximum Gasteiger partial charge on any atom is 0.265 e. The normalized spacial score (nSPS) is 17.8. The van der Waals surface area contributed by atoms with Gasteiger partial charge in [0.2, 0.25) is 0 Å². The minimum absolute atomic E-state index is 0.0293. The summed E-state index contributed by atoms with van der Waals surface area (Å²) in [7, 11) is 0. The van der Waals surface area contributed by atoms with Crippen LogP contribution in [0.3, 0.4) is 0 Å². The molecule has 0 saturated carbocycles. The van der Waals surface area contributed by atoms with Crippen LogP contribution in [-0.2, 0) is 21.2 Å². The van der Waals surface area contributed by atoms with E-state index in [4.69, 9.17) is 32.9 Å². The summed E-state index contributed by atoms with van der Waals surface area (Å²) < 4.78 is 6.60. The molecule has 236 valence electrons. The number of hydrogen-bond acceptors (Lipinski definition) is 5. The van der Waals surface area contributed by atoms with Gasteiger partial charge in [-0.25, -0.2) is 4.98 Å². The zero-order chi connectivity index (χ0) is 32.6. The number of benzene rings is 2. The standard InChI is InChI=1S/C35H45Cl2N5O2/c1-11-33(6,7)22-17-18-26(24(19-22)34(8,9)12-2)44-28(20(3)4)31(43)38-25-16-14-13-15-23(25)27-30(37)40-32(39-27)35(10)29(36)21(5)41-42-35/h13-20,28H,11-12H2,1-10H3,(H,38,43)(H,39,40). The van der Waals surface area contributed by atoms with E-state index in [2.05, 4.69) is 74.2 Å². The van der Waals surface area contributed by atoms with Gasteiger partial charge < -0.3 is 15.0 Å². The van der Waals surface area contributed by atoms with E-state index in [1.807, 2.05) is 51.1 Å². The van der Waals surface area contributed by atoms with Crippen molar-refractivity contribution in [3.63, 3.8) is 0 Å². The van der Waals surface area contributed by atoms with E-state index in [0.717, 1.165) is 24.2 Å². The molecule has 44 heavy (non-hydrogen) atoms. The zero-order valence-corrected chi connectivity index (χ0v) is 29.0. The SMILES string of the molecule is CCC(C)(C)c1ccc(OC(C(=O)Nc2ccccc2-c2nc(C3(C)N=NC(C)=C3Cl)[nH]c2Cl)C(C)C)c(C(C)(C)CC)c1. The van der Waals surface area contributed by atoms with Crippen LogP contribution >= 0.6 is 23.2 Å². The second kappa shape index (κ2) is 12.7. The number of rotatable bonds is 11. The largest absolute Gasteiger partial charge is 0.480 e. The van der Waals surface area contributed by atoms with Crippen molar-refractivity contribution in [3.8, 4) is 17.0 Å². The van der Waals surface area contributed by atoms with Crippen LogP contribution in [0.25, 0.3) is 11.3 Å². The zero-order valence-electron chi connectivity index (χ0n) is 27.5. The summed E-state index contributed by atoms with van der Waals surface area (Å²) >= 11 is 13.2. The average Bonchev–Trinajstić information content (AvgIpc) is 3.51. The van der Waals surface area contributed by atoms with E-state index in [0.29, 0.717) is 38.7 Å². The first-order chi connectivity index (χ1) is 20.6. The summed E-state index contributed by atoms with van der Waals surface area (Å²) in [5, 5.41) is 12.4. The molecule has 4 rings (SSSR count). The molecule has 1 amide bonds. The van der Waals surface area contributed by atoms with Crippen LogP contribution < -0.4 is 10.1 Å². The quantitative estimate of drug-likeness (QED) is 0.219. The average molecular weight is 639 g/mol. The third kappa shape index (κ3) is 6.45. The van der Waals surface area contributed by atoms with Crippen LogP contribution in [0.1, 0.15) is 99.0 Å². The third-order valence-electron chi connectivity index (χ3n) is 9.08. The molecule has 2 aromatic carbocycles. The van der Waals surface area contributed by atoms with Crippen LogP contribution in [0.5, 0.6) is 5.75 Å². The smallest absolute Gasteiger partial charge is 0.265 e. The van der Waals surface area contributed by atoms with E-state index in [1.54, 1.807) is 6.92 Å². The summed E-state index contributed by atoms with van der Waals surface area (Å²) in [5.41, 5.74) is 3.63. The third-order valence-corrected chi connectivity index (χ3v) is 10.00. The molecular weight excluding hydrogens is 593 g/mol.